The monoisotopic (exact) mass is 208 g/mol. The molecule has 0 aromatic rings. The third-order valence-electron chi connectivity index (χ3n) is 0.175. The topological polar surface area (TPSA) is 83.8 Å². The fourth-order valence-electron chi connectivity index (χ4n) is 0.0747. The first-order valence-corrected chi connectivity index (χ1v) is 3.79. The minimum absolute atomic E-state index is 0. The standard InChI is InChI=1S/CH4.2Na.H4O5P2/c;;;1-6(2)5-7(3)4/h1H4;;;6-7H,(H,1,2)(H,3,4). The molecule has 2 N–H and O–H groups in total. The van der Waals surface area contributed by atoms with Gasteiger partial charge >= 0.3 is 16.5 Å². The summed E-state index contributed by atoms with van der Waals surface area (Å²) in [7, 11) is -6.40. The van der Waals surface area contributed by atoms with Gasteiger partial charge in [0.1, 0.15) is 0 Å². The van der Waals surface area contributed by atoms with E-state index in [-0.39, 0.29) is 66.5 Å². The van der Waals surface area contributed by atoms with Crippen molar-refractivity contribution >= 4 is 75.6 Å². The van der Waals surface area contributed by atoms with E-state index in [1.807, 2.05) is 0 Å². The average molecular weight is 208 g/mol. The van der Waals surface area contributed by atoms with Crippen molar-refractivity contribution in [2.24, 2.45) is 0 Å². The smallest absolute Gasteiger partial charge is 0.323 e. The van der Waals surface area contributed by atoms with E-state index in [0.29, 0.717) is 0 Å². The Hall–Kier alpha value is 2.34. The van der Waals surface area contributed by atoms with E-state index in [9.17, 15) is 9.13 Å². The van der Waals surface area contributed by atoms with Gasteiger partial charge < -0.3 is 9.79 Å². The maximum atomic E-state index is 9.44. The molecule has 0 rings (SSSR count). The van der Waals surface area contributed by atoms with Gasteiger partial charge in [-0.05, 0) is 0 Å². The molecule has 5 nitrogen and oxygen atoms in total. The van der Waals surface area contributed by atoms with E-state index < -0.39 is 16.5 Å². The van der Waals surface area contributed by atoms with Gasteiger partial charge in [0.15, 0.2) is 0 Å². The van der Waals surface area contributed by atoms with Gasteiger partial charge in [-0.3, -0.25) is 9.13 Å². The molecule has 0 aromatic carbocycles. The van der Waals surface area contributed by atoms with Crippen LogP contribution in [0.4, 0.5) is 0 Å². The maximum Gasteiger partial charge on any atom is 0.323 e. The van der Waals surface area contributed by atoms with Crippen LogP contribution in [0.15, 0.2) is 0 Å². The van der Waals surface area contributed by atoms with Crippen LogP contribution in [0.2, 0.25) is 0 Å². The summed E-state index contributed by atoms with van der Waals surface area (Å²) >= 11 is 0. The maximum absolute atomic E-state index is 9.44. The quantitative estimate of drug-likeness (QED) is 0.478. The van der Waals surface area contributed by atoms with Gasteiger partial charge in [0.2, 0.25) is 0 Å². The van der Waals surface area contributed by atoms with E-state index in [2.05, 4.69) is 4.31 Å². The van der Waals surface area contributed by atoms with Crippen molar-refractivity contribution in [3.8, 4) is 0 Å². The van der Waals surface area contributed by atoms with Gasteiger partial charge in [0.25, 0.3) is 0 Å². The second kappa shape index (κ2) is 13.9. The minimum Gasteiger partial charge on any atom is -0.326 e. The summed E-state index contributed by atoms with van der Waals surface area (Å²) in [5.74, 6) is 0. The SMILES string of the molecule is C.O=[PH](O)O[PH](=O)O.[Na].[Na]. The normalized spacial score (nSPS) is 13.0. The molecule has 0 heterocycles. The predicted molar refractivity (Wildman–Crippen MR) is 41.8 cm³/mol. The Kier molecular flexibility index (Phi) is 31.7. The van der Waals surface area contributed by atoms with Crippen LogP contribution >= 0.6 is 16.5 Å². The molecule has 0 saturated carbocycles. The van der Waals surface area contributed by atoms with Gasteiger partial charge in [-0.1, -0.05) is 7.43 Å². The average Bonchev–Trinajstić information content (AvgIpc) is 1.27. The Morgan fingerprint density at radius 2 is 1.20 bits per heavy atom. The number of hydrogen-bond donors (Lipinski definition) is 2. The third-order valence-corrected chi connectivity index (χ3v) is 1.57. The molecule has 0 aliphatic carbocycles. The molecule has 0 aromatic heterocycles. The zero-order valence-electron chi connectivity index (χ0n) is 5.12. The number of rotatable bonds is 2. The third kappa shape index (κ3) is 22.4. The van der Waals surface area contributed by atoms with Crippen LogP contribution in [0, 0.1) is 0 Å². The molecule has 2 radical (unpaired) electrons. The van der Waals surface area contributed by atoms with Crippen molar-refractivity contribution in [1.29, 1.82) is 0 Å². The minimum atomic E-state index is -3.20. The zero-order chi connectivity index (χ0) is 5.86. The molecular formula is CH8Na2O5P2. The Bertz CT molecular complexity index is 93.8. The molecule has 54 valence electrons. The van der Waals surface area contributed by atoms with Gasteiger partial charge in [-0.2, -0.15) is 0 Å². The van der Waals surface area contributed by atoms with Gasteiger partial charge in [-0.25, -0.2) is 4.31 Å². The first-order chi connectivity index (χ1) is 3.13. The molecule has 0 aliphatic heterocycles. The van der Waals surface area contributed by atoms with Crippen molar-refractivity contribution in [2.75, 3.05) is 0 Å². The summed E-state index contributed by atoms with van der Waals surface area (Å²) < 4.78 is 22.3. The van der Waals surface area contributed by atoms with E-state index in [0.717, 1.165) is 0 Å². The fourth-order valence-corrected chi connectivity index (χ4v) is 0.672. The summed E-state index contributed by atoms with van der Waals surface area (Å²) in [6, 6.07) is 0. The van der Waals surface area contributed by atoms with E-state index >= 15 is 0 Å². The van der Waals surface area contributed by atoms with Crippen LogP contribution in [-0.2, 0) is 13.4 Å². The molecule has 0 spiro atoms. The molecular weight excluding hydrogens is 200 g/mol. The summed E-state index contributed by atoms with van der Waals surface area (Å²) in [5, 5.41) is 0. The van der Waals surface area contributed by atoms with Gasteiger partial charge in [0, 0.05) is 59.1 Å². The molecule has 0 fully saturated rings. The molecule has 9 heteroatoms. The van der Waals surface area contributed by atoms with Crippen LogP contribution < -0.4 is 0 Å². The summed E-state index contributed by atoms with van der Waals surface area (Å²) in [6.07, 6.45) is 0. The zero-order valence-corrected chi connectivity index (χ0v) is 11.1. The van der Waals surface area contributed by atoms with Crippen molar-refractivity contribution in [1.82, 2.24) is 0 Å². The molecule has 0 amide bonds. The second-order valence-corrected chi connectivity index (χ2v) is 2.51. The Labute approximate surface area is 105 Å². The van der Waals surface area contributed by atoms with Crippen LogP contribution in [0.1, 0.15) is 7.43 Å². The van der Waals surface area contributed by atoms with E-state index in [4.69, 9.17) is 9.79 Å². The first-order valence-electron chi connectivity index (χ1n) is 1.26. The first kappa shape index (κ1) is 22.8. The molecule has 2 unspecified atom stereocenters. The van der Waals surface area contributed by atoms with Gasteiger partial charge in [-0.15, -0.1) is 0 Å². The van der Waals surface area contributed by atoms with Crippen LogP contribution in [0.25, 0.3) is 0 Å². The number of hydrogen-bond acceptors (Lipinski definition) is 3. The molecule has 2 atom stereocenters. The Morgan fingerprint density at radius 1 is 1.00 bits per heavy atom. The van der Waals surface area contributed by atoms with Gasteiger partial charge in [0.05, 0.1) is 0 Å². The van der Waals surface area contributed by atoms with Crippen LogP contribution in [0.3, 0.4) is 0 Å². The second-order valence-electron chi connectivity index (χ2n) is 0.634. The van der Waals surface area contributed by atoms with Crippen LogP contribution in [-0.4, -0.2) is 68.9 Å². The van der Waals surface area contributed by atoms with Crippen LogP contribution in [0.5, 0.6) is 0 Å². The summed E-state index contributed by atoms with van der Waals surface area (Å²) in [5.41, 5.74) is 0. The Morgan fingerprint density at radius 3 is 1.20 bits per heavy atom. The van der Waals surface area contributed by atoms with Crippen molar-refractivity contribution in [3.05, 3.63) is 0 Å². The summed E-state index contributed by atoms with van der Waals surface area (Å²) in [6.45, 7) is 0. The molecule has 0 bridgehead atoms. The fraction of sp³-hybridized carbons (Fsp3) is 1.00. The predicted octanol–water partition coefficient (Wildman–Crippen LogP) is -0.359. The van der Waals surface area contributed by atoms with E-state index in [1.54, 1.807) is 0 Å². The van der Waals surface area contributed by atoms with Crippen molar-refractivity contribution in [3.63, 3.8) is 0 Å². The van der Waals surface area contributed by atoms with Crippen molar-refractivity contribution < 1.29 is 23.2 Å². The Balaban J connectivity index is -0.0000000600. The largest absolute Gasteiger partial charge is 0.326 e. The molecule has 10 heavy (non-hydrogen) atoms. The van der Waals surface area contributed by atoms with Crippen molar-refractivity contribution in [2.45, 2.75) is 7.43 Å². The summed E-state index contributed by atoms with van der Waals surface area (Å²) in [4.78, 5) is 15.4. The molecule has 0 aliphatic rings. The van der Waals surface area contributed by atoms with E-state index in [1.165, 1.54) is 0 Å². The molecule has 0 saturated heterocycles.